The average molecular weight is 375 g/mol. The van der Waals surface area contributed by atoms with E-state index < -0.39 is 0 Å². The van der Waals surface area contributed by atoms with Gasteiger partial charge in [0.15, 0.2) is 0 Å². The molecule has 0 bridgehead atoms. The van der Waals surface area contributed by atoms with E-state index in [4.69, 9.17) is 4.74 Å². The molecule has 1 aliphatic heterocycles. The number of hydrogen-bond acceptors (Lipinski definition) is 3. The van der Waals surface area contributed by atoms with E-state index in [0.717, 1.165) is 42.9 Å². The average Bonchev–Trinajstić information content (AvgIpc) is 2.56. The maximum Gasteiger partial charge on any atom is 0.123 e. The molecule has 1 fully saturated rings. The molecule has 3 nitrogen and oxygen atoms in total. The fraction of sp³-hybridized carbons (Fsp3) is 0.368. The van der Waals surface area contributed by atoms with Gasteiger partial charge in [-0.05, 0) is 36.8 Å². The van der Waals surface area contributed by atoms with Gasteiger partial charge in [0, 0.05) is 48.4 Å². The summed E-state index contributed by atoms with van der Waals surface area (Å²) in [6, 6.07) is 14.9. The molecule has 3 rings (SSSR count). The summed E-state index contributed by atoms with van der Waals surface area (Å²) in [7, 11) is 1.74. The first kappa shape index (κ1) is 16.3. The molecule has 2 aromatic rings. The number of methoxy groups -OCH3 is 1. The Morgan fingerprint density at radius 3 is 2.48 bits per heavy atom. The zero-order valence-corrected chi connectivity index (χ0v) is 15.3. The third kappa shape index (κ3) is 3.88. The summed E-state index contributed by atoms with van der Waals surface area (Å²) in [4.78, 5) is 4.99. The van der Waals surface area contributed by atoms with Crippen LogP contribution in [-0.4, -0.2) is 38.2 Å². The molecule has 1 aliphatic rings. The van der Waals surface area contributed by atoms with Crippen molar-refractivity contribution in [2.45, 2.75) is 13.5 Å². The highest BCUT2D eigenvalue weighted by molar-refractivity contribution is 9.10. The molecule has 4 heteroatoms. The Labute approximate surface area is 147 Å². The molecule has 1 saturated heterocycles. The van der Waals surface area contributed by atoms with Crippen molar-refractivity contribution in [3.8, 4) is 5.75 Å². The van der Waals surface area contributed by atoms with Crippen molar-refractivity contribution >= 4 is 21.6 Å². The lowest BCUT2D eigenvalue weighted by atomic mass is 10.1. The smallest absolute Gasteiger partial charge is 0.123 e. The van der Waals surface area contributed by atoms with Gasteiger partial charge in [-0.25, -0.2) is 0 Å². The molecule has 0 unspecified atom stereocenters. The number of para-hydroxylation sites is 1. The van der Waals surface area contributed by atoms with Gasteiger partial charge in [-0.1, -0.05) is 34.1 Å². The Balaban J connectivity index is 1.64. The number of piperazine rings is 1. The largest absolute Gasteiger partial charge is 0.496 e. The van der Waals surface area contributed by atoms with Crippen molar-refractivity contribution in [1.29, 1.82) is 0 Å². The monoisotopic (exact) mass is 374 g/mol. The Hall–Kier alpha value is -1.52. The van der Waals surface area contributed by atoms with Crippen LogP contribution in [-0.2, 0) is 6.54 Å². The van der Waals surface area contributed by atoms with E-state index in [-0.39, 0.29) is 0 Å². The molecule has 0 aliphatic carbocycles. The molecule has 122 valence electrons. The Kier molecular flexibility index (Phi) is 5.23. The van der Waals surface area contributed by atoms with Crippen molar-refractivity contribution in [3.05, 3.63) is 58.1 Å². The highest BCUT2D eigenvalue weighted by atomic mass is 79.9. The SMILES string of the molecule is COc1ccc(Br)cc1CN1CCN(c2ccccc2C)CC1. The quantitative estimate of drug-likeness (QED) is 0.801. The highest BCUT2D eigenvalue weighted by Gasteiger charge is 2.19. The molecule has 0 spiro atoms. The standard InChI is InChI=1S/C19H23BrN2O/c1-15-5-3-4-6-18(15)22-11-9-21(10-12-22)14-16-13-17(20)7-8-19(16)23-2/h3-8,13H,9-12,14H2,1-2H3. The van der Waals surface area contributed by atoms with Crippen LogP contribution in [0.4, 0.5) is 5.69 Å². The Morgan fingerprint density at radius 1 is 1.04 bits per heavy atom. The van der Waals surface area contributed by atoms with Gasteiger partial charge >= 0.3 is 0 Å². The minimum atomic E-state index is 0.935. The van der Waals surface area contributed by atoms with Gasteiger partial charge in [0.1, 0.15) is 5.75 Å². The van der Waals surface area contributed by atoms with Gasteiger partial charge in [-0.2, -0.15) is 0 Å². The molecule has 0 N–H and O–H groups in total. The first-order chi connectivity index (χ1) is 11.2. The summed E-state index contributed by atoms with van der Waals surface area (Å²) in [6.07, 6.45) is 0. The van der Waals surface area contributed by atoms with Crippen molar-refractivity contribution in [3.63, 3.8) is 0 Å². The zero-order valence-electron chi connectivity index (χ0n) is 13.8. The predicted octanol–water partition coefficient (Wildman–Crippen LogP) is 4.09. The van der Waals surface area contributed by atoms with Crippen LogP contribution in [0.15, 0.2) is 46.9 Å². The van der Waals surface area contributed by atoms with Gasteiger partial charge in [0.05, 0.1) is 7.11 Å². The lowest BCUT2D eigenvalue weighted by Crippen LogP contribution is -2.46. The lowest BCUT2D eigenvalue weighted by molar-refractivity contribution is 0.246. The minimum absolute atomic E-state index is 0.935. The van der Waals surface area contributed by atoms with Gasteiger partial charge in [-0.3, -0.25) is 4.90 Å². The molecule has 23 heavy (non-hydrogen) atoms. The molecule has 0 aromatic heterocycles. The van der Waals surface area contributed by atoms with E-state index in [0.29, 0.717) is 0 Å². The van der Waals surface area contributed by atoms with Crippen LogP contribution in [0.25, 0.3) is 0 Å². The van der Waals surface area contributed by atoms with Crippen LogP contribution in [0.5, 0.6) is 5.75 Å². The van der Waals surface area contributed by atoms with Gasteiger partial charge in [-0.15, -0.1) is 0 Å². The topological polar surface area (TPSA) is 15.7 Å². The van der Waals surface area contributed by atoms with Crippen LogP contribution >= 0.6 is 15.9 Å². The summed E-state index contributed by atoms with van der Waals surface area (Å²) in [5, 5.41) is 0. The van der Waals surface area contributed by atoms with Crippen LogP contribution in [0.2, 0.25) is 0 Å². The molecular weight excluding hydrogens is 352 g/mol. The van der Waals surface area contributed by atoms with Crippen molar-refractivity contribution < 1.29 is 4.74 Å². The second kappa shape index (κ2) is 7.37. The number of ether oxygens (including phenoxy) is 1. The lowest BCUT2D eigenvalue weighted by Gasteiger charge is -2.37. The minimum Gasteiger partial charge on any atom is -0.496 e. The number of nitrogens with zero attached hydrogens (tertiary/aromatic N) is 2. The summed E-state index contributed by atoms with van der Waals surface area (Å²) < 4.78 is 6.59. The van der Waals surface area contributed by atoms with Gasteiger partial charge in [0.25, 0.3) is 0 Å². The first-order valence-corrected chi connectivity index (χ1v) is 8.82. The summed E-state index contributed by atoms with van der Waals surface area (Å²) >= 11 is 3.56. The predicted molar refractivity (Wildman–Crippen MR) is 99.4 cm³/mol. The van der Waals surface area contributed by atoms with Crippen LogP contribution in [0.3, 0.4) is 0 Å². The van der Waals surface area contributed by atoms with E-state index in [1.807, 2.05) is 12.1 Å². The van der Waals surface area contributed by atoms with Crippen LogP contribution in [0, 0.1) is 6.92 Å². The zero-order chi connectivity index (χ0) is 16.2. The number of rotatable bonds is 4. The first-order valence-electron chi connectivity index (χ1n) is 8.03. The Bertz CT molecular complexity index is 666. The van der Waals surface area contributed by atoms with E-state index in [1.54, 1.807) is 7.11 Å². The second-order valence-corrected chi connectivity index (χ2v) is 6.92. The number of hydrogen-bond donors (Lipinski definition) is 0. The molecular formula is C19H23BrN2O. The molecule has 0 radical (unpaired) electrons. The van der Waals surface area contributed by atoms with E-state index >= 15 is 0 Å². The summed E-state index contributed by atoms with van der Waals surface area (Å²) in [6.45, 7) is 7.41. The highest BCUT2D eigenvalue weighted by Crippen LogP contribution is 2.26. The van der Waals surface area contributed by atoms with Gasteiger partial charge in [0.2, 0.25) is 0 Å². The third-order valence-corrected chi connectivity index (χ3v) is 4.96. The van der Waals surface area contributed by atoms with Crippen LogP contribution in [0.1, 0.15) is 11.1 Å². The van der Waals surface area contributed by atoms with Crippen LogP contribution < -0.4 is 9.64 Å². The molecule has 0 atom stereocenters. The fourth-order valence-corrected chi connectivity index (χ4v) is 3.59. The van der Waals surface area contributed by atoms with Crippen molar-refractivity contribution in [1.82, 2.24) is 4.90 Å². The number of anilines is 1. The molecule has 0 saturated carbocycles. The fourth-order valence-electron chi connectivity index (χ4n) is 3.18. The second-order valence-electron chi connectivity index (χ2n) is 6.01. The molecule has 1 heterocycles. The van der Waals surface area contributed by atoms with E-state index in [2.05, 4.69) is 63.0 Å². The van der Waals surface area contributed by atoms with Crippen molar-refractivity contribution in [2.75, 3.05) is 38.2 Å². The number of benzene rings is 2. The van der Waals surface area contributed by atoms with Crippen molar-refractivity contribution in [2.24, 2.45) is 0 Å². The Morgan fingerprint density at radius 2 is 1.78 bits per heavy atom. The molecule has 0 amide bonds. The summed E-state index contributed by atoms with van der Waals surface area (Å²) in [5.74, 6) is 0.967. The summed E-state index contributed by atoms with van der Waals surface area (Å²) in [5.41, 5.74) is 3.97. The number of halogens is 1. The third-order valence-electron chi connectivity index (χ3n) is 4.46. The van der Waals surface area contributed by atoms with E-state index in [1.165, 1.54) is 16.8 Å². The maximum atomic E-state index is 5.49. The van der Waals surface area contributed by atoms with E-state index in [9.17, 15) is 0 Å². The normalized spacial score (nSPS) is 15.7. The maximum absolute atomic E-state index is 5.49. The number of aryl methyl sites for hydroxylation is 1. The van der Waals surface area contributed by atoms with Gasteiger partial charge < -0.3 is 9.64 Å². The molecule has 2 aromatic carbocycles.